The molecule has 1 aromatic carbocycles. The molecule has 0 heterocycles. The summed E-state index contributed by atoms with van der Waals surface area (Å²) in [6, 6.07) is 7.27. The molecule has 20 heavy (non-hydrogen) atoms. The Hall–Kier alpha value is -1.22. The second-order valence-electron chi connectivity index (χ2n) is 5.47. The van der Waals surface area contributed by atoms with Crippen LogP contribution in [0.3, 0.4) is 0 Å². The van der Waals surface area contributed by atoms with Gasteiger partial charge in [0, 0.05) is 18.5 Å². The summed E-state index contributed by atoms with van der Waals surface area (Å²) < 4.78 is 5.60. The van der Waals surface area contributed by atoms with Crippen LogP contribution in [0, 0.1) is 5.92 Å². The fraction of sp³-hybridized carbons (Fsp3) is 0.562. The fourth-order valence-electron chi connectivity index (χ4n) is 2.57. The number of rotatable bonds is 6. The van der Waals surface area contributed by atoms with E-state index in [0.717, 1.165) is 5.75 Å². The number of nitrogens with zero attached hydrogens (tertiary/aromatic N) is 1. The van der Waals surface area contributed by atoms with Crippen LogP contribution in [0.1, 0.15) is 32.1 Å². The van der Waals surface area contributed by atoms with Crippen LogP contribution >= 0.6 is 11.6 Å². The molecule has 1 aromatic rings. The minimum absolute atomic E-state index is 0.233. The van der Waals surface area contributed by atoms with Crippen molar-refractivity contribution >= 4 is 17.5 Å². The van der Waals surface area contributed by atoms with E-state index in [1.54, 1.807) is 17.0 Å². The van der Waals surface area contributed by atoms with Crippen molar-refractivity contribution in [3.8, 4) is 5.75 Å². The molecule has 0 saturated heterocycles. The molecular formula is C16H22ClNO2. The van der Waals surface area contributed by atoms with E-state index in [1.807, 2.05) is 19.2 Å². The molecule has 0 aromatic heterocycles. The van der Waals surface area contributed by atoms with Crippen molar-refractivity contribution in [3.63, 3.8) is 0 Å². The lowest BCUT2D eigenvalue weighted by Gasteiger charge is -2.19. The zero-order chi connectivity index (χ0) is 14.4. The van der Waals surface area contributed by atoms with Gasteiger partial charge in [-0.25, -0.2) is 0 Å². The maximum atomic E-state index is 12.0. The Labute approximate surface area is 125 Å². The van der Waals surface area contributed by atoms with E-state index in [0.29, 0.717) is 30.5 Å². The average Bonchev–Trinajstić information content (AvgIpc) is 2.93. The summed E-state index contributed by atoms with van der Waals surface area (Å²) in [5.74, 6) is 1.62. The van der Waals surface area contributed by atoms with Crippen molar-refractivity contribution in [2.45, 2.75) is 32.1 Å². The van der Waals surface area contributed by atoms with E-state index in [4.69, 9.17) is 16.3 Å². The van der Waals surface area contributed by atoms with Crippen LogP contribution in [0.25, 0.3) is 0 Å². The highest BCUT2D eigenvalue weighted by Gasteiger charge is 2.20. The summed E-state index contributed by atoms with van der Waals surface area (Å²) in [6.45, 7) is 1.13. The van der Waals surface area contributed by atoms with Gasteiger partial charge in [0.05, 0.1) is 6.54 Å². The highest BCUT2D eigenvalue weighted by molar-refractivity contribution is 6.30. The molecule has 0 N–H and O–H groups in total. The van der Waals surface area contributed by atoms with E-state index in [1.165, 1.54) is 25.7 Å². The van der Waals surface area contributed by atoms with Gasteiger partial charge >= 0.3 is 0 Å². The van der Waals surface area contributed by atoms with Crippen molar-refractivity contribution in [1.29, 1.82) is 0 Å². The largest absolute Gasteiger partial charge is 0.492 e. The van der Waals surface area contributed by atoms with Gasteiger partial charge in [-0.05, 0) is 43.0 Å². The molecule has 1 aliphatic rings. The van der Waals surface area contributed by atoms with Crippen molar-refractivity contribution in [2.24, 2.45) is 5.92 Å². The average molecular weight is 296 g/mol. The summed E-state index contributed by atoms with van der Waals surface area (Å²) >= 11 is 5.81. The lowest BCUT2D eigenvalue weighted by Crippen LogP contribution is -2.31. The normalized spacial score (nSPS) is 15.3. The van der Waals surface area contributed by atoms with E-state index in [2.05, 4.69) is 0 Å². The van der Waals surface area contributed by atoms with Gasteiger partial charge in [0.1, 0.15) is 12.4 Å². The Balaban J connectivity index is 1.67. The molecular weight excluding hydrogens is 274 g/mol. The van der Waals surface area contributed by atoms with Crippen LogP contribution in [0.15, 0.2) is 24.3 Å². The number of carbonyl (C=O) groups excluding carboxylic acids is 1. The predicted molar refractivity (Wildman–Crippen MR) is 81.2 cm³/mol. The molecule has 0 unspecified atom stereocenters. The SMILES string of the molecule is CN(CCOc1ccc(Cl)cc1)C(=O)CC1CCCC1. The van der Waals surface area contributed by atoms with E-state index in [9.17, 15) is 4.79 Å². The number of hydrogen-bond acceptors (Lipinski definition) is 2. The summed E-state index contributed by atoms with van der Waals surface area (Å²) in [7, 11) is 1.85. The number of halogens is 1. The molecule has 0 spiro atoms. The minimum atomic E-state index is 0.233. The standard InChI is InChI=1S/C16H22ClNO2/c1-18(16(19)12-13-4-2-3-5-13)10-11-20-15-8-6-14(17)7-9-15/h6-9,13H,2-5,10-12H2,1H3. The zero-order valence-corrected chi connectivity index (χ0v) is 12.7. The number of carbonyl (C=O) groups is 1. The van der Waals surface area contributed by atoms with Gasteiger partial charge in [-0.15, -0.1) is 0 Å². The third-order valence-electron chi connectivity index (χ3n) is 3.87. The first kappa shape index (κ1) is 15.2. The number of amides is 1. The van der Waals surface area contributed by atoms with Crippen molar-refractivity contribution < 1.29 is 9.53 Å². The molecule has 0 atom stereocenters. The molecule has 0 radical (unpaired) electrons. The first-order chi connectivity index (χ1) is 9.65. The van der Waals surface area contributed by atoms with E-state index < -0.39 is 0 Å². The Morgan fingerprint density at radius 1 is 1.30 bits per heavy atom. The maximum Gasteiger partial charge on any atom is 0.222 e. The second kappa shape index (κ2) is 7.53. The molecule has 0 bridgehead atoms. The lowest BCUT2D eigenvalue weighted by atomic mass is 10.0. The van der Waals surface area contributed by atoms with Gasteiger partial charge in [-0.1, -0.05) is 24.4 Å². The monoisotopic (exact) mass is 295 g/mol. The number of likely N-dealkylation sites (N-methyl/N-ethyl adjacent to an activating group) is 1. The van der Waals surface area contributed by atoms with Gasteiger partial charge in [0.2, 0.25) is 5.91 Å². The molecule has 1 aliphatic carbocycles. The first-order valence-corrected chi connectivity index (χ1v) is 7.65. The lowest BCUT2D eigenvalue weighted by molar-refractivity contribution is -0.131. The topological polar surface area (TPSA) is 29.5 Å². The molecule has 3 nitrogen and oxygen atoms in total. The van der Waals surface area contributed by atoms with Crippen LogP contribution in [0.4, 0.5) is 0 Å². The van der Waals surface area contributed by atoms with Crippen LogP contribution in [-0.2, 0) is 4.79 Å². The molecule has 2 rings (SSSR count). The minimum Gasteiger partial charge on any atom is -0.492 e. The summed E-state index contributed by atoms with van der Waals surface area (Å²) in [4.78, 5) is 13.8. The second-order valence-corrected chi connectivity index (χ2v) is 5.91. The van der Waals surface area contributed by atoms with Gasteiger partial charge in [-0.3, -0.25) is 4.79 Å². The van der Waals surface area contributed by atoms with Gasteiger partial charge in [0.25, 0.3) is 0 Å². The van der Waals surface area contributed by atoms with Crippen LogP contribution in [0.5, 0.6) is 5.75 Å². The number of hydrogen-bond donors (Lipinski definition) is 0. The van der Waals surface area contributed by atoms with Crippen LogP contribution in [0.2, 0.25) is 5.02 Å². The third-order valence-corrected chi connectivity index (χ3v) is 4.12. The maximum absolute atomic E-state index is 12.0. The summed E-state index contributed by atoms with van der Waals surface area (Å²) in [5.41, 5.74) is 0. The molecule has 1 saturated carbocycles. The molecule has 1 fully saturated rings. The van der Waals surface area contributed by atoms with Crippen molar-refractivity contribution in [2.75, 3.05) is 20.2 Å². The Kier molecular flexibility index (Phi) is 5.72. The van der Waals surface area contributed by atoms with Gasteiger partial charge in [-0.2, -0.15) is 0 Å². The van der Waals surface area contributed by atoms with Crippen molar-refractivity contribution in [1.82, 2.24) is 4.90 Å². The van der Waals surface area contributed by atoms with E-state index >= 15 is 0 Å². The zero-order valence-electron chi connectivity index (χ0n) is 12.0. The Morgan fingerprint density at radius 2 is 1.95 bits per heavy atom. The summed E-state index contributed by atoms with van der Waals surface area (Å²) in [5, 5.41) is 0.696. The Bertz CT molecular complexity index is 427. The van der Waals surface area contributed by atoms with Crippen molar-refractivity contribution in [3.05, 3.63) is 29.3 Å². The highest BCUT2D eigenvalue weighted by atomic mass is 35.5. The van der Waals surface area contributed by atoms with E-state index in [-0.39, 0.29) is 5.91 Å². The van der Waals surface area contributed by atoms with Crippen LogP contribution < -0.4 is 4.74 Å². The third kappa shape index (κ3) is 4.71. The molecule has 110 valence electrons. The smallest absolute Gasteiger partial charge is 0.222 e. The molecule has 4 heteroatoms. The molecule has 0 aliphatic heterocycles. The fourth-order valence-corrected chi connectivity index (χ4v) is 2.70. The first-order valence-electron chi connectivity index (χ1n) is 7.27. The Morgan fingerprint density at radius 3 is 2.60 bits per heavy atom. The van der Waals surface area contributed by atoms with Gasteiger partial charge < -0.3 is 9.64 Å². The van der Waals surface area contributed by atoms with Crippen LogP contribution in [-0.4, -0.2) is 31.0 Å². The highest BCUT2D eigenvalue weighted by Crippen LogP contribution is 2.27. The molecule has 1 amide bonds. The quantitative estimate of drug-likeness (QED) is 0.800. The van der Waals surface area contributed by atoms with Gasteiger partial charge in [0.15, 0.2) is 0 Å². The number of ether oxygens (including phenoxy) is 1. The summed E-state index contributed by atoms with van der Waals surface area (Å²) in [6.07, 6.45) is 5.67. The number of benzene rings is 1. The predicted octanol–water partition coefficient (Wildman–Crippen LogP) is 3.76.